The lowest BCUT2D eigenvalue weighted by molar-refractivity contribution is -0.145. The van der Waals surface area contributed by atoms with Crippen LogP contribution < -0.4 is 10.6 Å². The van der Waals surface area contributed by atoms with E-state index in [0.29, 0.717) is 0 Å². The van der Waals surface area contributed by atoms with Crippen LogP contribution in [0.15, 0.2) is 24.3 Å². The predicted molar refractivity (Wildman–Crippen MR) is 94.6 cm³/mol. The number of amides is 2. The van der Waals surface area contributed by atoms with E-state index >= 15 is 0 Å². The van der Waals surface area contributed by atoms with Crippen LogP contribution in [0.4, 0.5) is 4.79 Å². The summed E-state index contributed by atoms with van der Waals surface area (Å²) in [6, 6.07) is 4.41. The first-order valence-corrected chi connectivity index (χ1v) is 8.17. The minimum absolute atomic E-state index is 0.0996. The highest BCUT2D eigenvalue weighted by atomic mass is 16.6. The van der Waals surface area contributed by atoms with Gasteiger partial charge in [0.25, 0.3) is 0 Å². The average Bonchev–Trinajstić information content (AvgIpc) is 2.53. The van der Waals surface area contributed by atoms with E-state index in [2.05, 4.69) is 10.6 Å². The van der Waals surface area contributed by atoms with Crippen LogP contribution >= 0.6 is 0 Å². The molecule has 0 bridgehead atoms. The number of phenolic OH excluding ortho intramolecular Hbond substituents is 1. The van der Waals surface area contributed by atoms with E-state index in [-0.39, 0.29) is 12.2 Å². The van der Waals surface area contributed by atoms with Gasteiger partial charge in [-0.25, -0.2) is 9.59 Å². The van der Waals surface area contributed by atoms with Gasteiger partial charge < -0.3 is 25.2 Å². The van der Waals surface area contributed by atoms with Gasteiger partial charge in [0.2, 0.25) is 5.91 Å². The highest BCUT2D eigenvalue weighted by Gasteiger charge is 2.26. The molecule has 1 rings (SSSR count). The molecule has 1 aromatic carbocycles. The number of rotatable bonds is 6. The summed E-state index contributed by atoms with van der Waals surface area (Å²) in [6.45, 7) is 6.61. The Labute approximate surface area is 152 Å². The molecule has 8 heteroatoms. The molecular weight excluding hydrogens is 340 g/mol. The van der Waals surface area contributed by atoms with Crippen LogP contribution in [0, 0.1) is 0 Å². The summed E-state index contributed by atoms with van der Waals surface area (Å²) in [5.74, 6) is -1.07. The molecule has 0 fully saturated rings. The molecule has 0 aliphatic carbocycles. The zero-order chi connectivity index (χ0) is 19.9. The number of nitrogens with one attached hydrogen (secondary N) is 2. The van der Waals surface area contributed by atoms with E-state index in [1.165, 1.54) is 26.2 Å². The van der Waals surface area contributed by atoms with Crippen molar-refractivity contribution in [3.63, 3.8) is 0 Å². The summed E-state index contributed by atoms with van der Waals surface area (Å²) in [7, 11) is 1.22. The quantitative estimate of drug-likeness (QED) is 0.658. The zero-order valence-corrected chi connectivity index (χ0v) is 15.7. The Bertz CT molecular complexity index is 636. The largest absolute Gasteiger partial charge is 0.508 e. The highest BCUT2D eigenvalue weighted by molar-refractivity contribution is 5.89. The fraction of sp³-hybridized carbons (Fsp3) is 0.500. The van der Waals surface area contributed by atoms with Gasteiger partial charge in [0.15, 0.2) is 0 Å². The molecule has 3 N–H and O–H groups in total. The van der Waals surface area contributed by atoms with Crippen molar-refractivity contribution < 1.29 is 29.0 Å². The van der Waals surface area contributed by atoms with E-state index in [9.17, 15) is 19.5 Å². The molecule has 26 heavy (non-hydrogen) atoms. The first-order valence-electron chi connectivity index (χ1n) is 8.17. The summed E-state index contributed by atoms with van der Waals surface area (Å²) in [6.07, 6.45) is -0.550. The molecule has 0 saturated carbocycles. The van der Waals surface area contributed by atoms with Crippen LogP contribution in [-0.4, -0.2) is 47.9 Å². The number of alkyl carbamates (subject to hydrolysis) is 1. The number of carbonyl (C=O) groups is 3. The molecule has 144 valence electrons. The fourth-order valence-electron chi connectivity index (χ4n) is 2.05. The van der Waals surface area contributed by atoms with Crippen LogP contribution in [-0.2, 0) is 25.5 Å². The van der Waals surface area contributed by atoms with Gasteiger partial charge in [0.05, 0.1) is 7.11 Å². The summed E-state index contributed by atoms with van der Waals surface area (Å²) in [4.78, 5) is 36.0. The third-order valence-corrected chi connectivity index (χ3v) is 3.30. The van der Waals surface area contributed by atoms with Crippen LogP contribution in [0.5, 0.6) is 5.75 Å². The summed E-state index contributed by atoms with van der Waals surface area (Å²) in [5.41, 5.74) is 0.0412. The Balaban J connectivity index is 2.71. The molecule has 0 saturated heterocycles. The molecule has 2 atom stereocenters. The van der Waals surface area contributed by atoms with Crippen LogP contribution in [0.25, 0.3) is 0 Å². The lowest BCUT2D eigenvalue weighted by Gasteiger charge is -2.23. The summed E-state index contributed by atoms with van der Waals surface area (Å²) < 4.78 is 9.81. The third kappa shape index (κ3) is 7.42. The highest BCUT2D eigenvalue weighted by Crippen LogP contribution is 2.12. The van der Waals surface area contributed by atoms with Gasteiger partial charge in [-0.1, -0.05) is 12.1 Å². The Morgan fingerprint density at radius 1 is 1.12 bits per heavy atom. The first kappa shape index (κ1) is 21.3. The van der Waals surface area contributed by atoms with Crippen molar-refractivity contribution in [1.82, 2.24) is 10.6 Å². The van der Waals surface area contributed by atoms with Gasteiger partial charge in [0.1, 0.15) is 23.4 Å². The van der Waals surface area contributed by atoms with Crippen molar-refractivity contribution in [3.8, 4) is 5.75 Å². The Kier molecular flexibility index (Phi) is 7.42. The van der Waals surface area contributed by atoms with Crippen molar-refractivity contribution in [2.24, 2.45) is 0 Å². The fourth-order valence-corrected chi connectivity index (χ4v) is 2.05. The number of benzene rings is 1. The second-order valence-corrected chi connectivity index (χ2v) is 6.82. The second-order valence-electron chi connectivity index (χ2n) is 6.82. The SMILES string of the molecule is COC(=O)[C@H](Cc1ccc(O)cc1)NC(=O)[C@H](C)NC(=O)OC(C)(C)C. The molecule has 0 aromatic heterocycles. The Morgan fingerprint density at radius 2 is 1.69 bits per heavy atom. The molecule has 0 spiro atoms. The smallest absolute Gasteiger partial charge is 0.408 e. The predicted octanol–water partition coefficient (Wildman–Crippen LogP) is 1.51. The number of phenols is 1. The number of methoxy groups -OCH3 is 1. The number of esters is 1. The number of carbonyl (C=O) groups excluding carboxylic acids is 3. The molecule has 0 aliphatic heterocycles. The van der Waals surface area contributed by atoms with E-state index in [1.807, 2.05) is 0 Å². The number of aromatic hydroxyl groups is 1. The first-order chi connectivity index (χ1) is 12.0. The standard InChI is InChI=1S/C18H26N2O6/c1-11(19-17(24)26-18(2,3)4)15(22)20-14(16(23)25-5)10-12-6-8-13(21)9-7-12/h6-9,11,14,21H,10H2,1-5H3,(H,19,24)(H,20,22)/t11-,14-/m0/s1. The Hall–Kier alpha value is -2.77. The number of hydrogen-bond donors (Lipinski definition) is 3. The van der Waals surface area contributed by atoms with E-state index in [0.717, 1.165) is 5.56 Å². The maximum absolute atomic E-state index is 12.3. The monoisotopic (exact) mass is 366 g/mol. The van der Waals surface area contributed by atoms with Crippen molar-refractivity contribution in [2.45, 2.75) is 51.8 Å². The maximum Gasteiger partial charge on any atom is 0.408 e. The second kappa shape index (κ2) is 9.07. The molecule has 2 amide bonds. The maximum atomic E-state index is 12.3. The third-order valence-electron chi connectivity index (χ3n) is 3.30. The lowest BCUT2D eigenvalue weighted by atomic mass is 10.1. The minimum atomic E-state index is -0.931. The number of hydrogen-bond acceptors (Lipinski definition) is 6. The Morgan fingerprint density at radius 3 is 2.19 bits per heavy atom. The van der Waals surface area contributed by atoms with Gasteiger partial charge in [0, 0.05) is 6.42 Å². The molecule has 0 aliphatic rings. The topological polar surface area (TPSA) is 114 Å². The molecule has 0 unspecified atom stereocenters. The van der Waals surface area contributed by atoms with Crippen molar-refractivity contribution >= 4 is 18.0 Å². The molecule has 0 radical (unpaired) electrons. The number of ether oxygens (including phenoxy) is 2. The van der Waals surface area contributed by atoms with Crippen molar-refractivity contribution in [2.75, 3.05) is 7.11 Å². The molecular formula is C18H26N2O6. The van der Waals surface area contributed by atoms with Gasteiger partial charge in [-0.3, -0.25) is 4.79 Å². The molecule has 0 heterocycles. The van der Waals surface area contributed by atoms with E-state index in [1.54, 1.807) is 32.9 Å². The van der Waals surface area contributed by atoms with Gasteiger partial charge in [-0.15, -0.1) is 0 Å². The summed E-state index contributed by atoms with van der Waals surface area (Å²) >= 11 is 0. The van der Waals surface area contributed by atoms with Gasteiger partial charge in [-0.05, 0) is 45.4 Å². The van der Waals surface area contributed by atoms with Crippen LogP contribution in [0.1, 0.15) is 33.3 Å². The van der Waals surface area contributed by atoms with E-state index in [4.69, 9.17) is 9.47 Å². The van der Waals surface area contributed by atoms with Crippen LogP contribution in [0.2, 0.25) is 0 Å². The van der Waals surface area contributed by atoms with Crippen molar-refractivity contribution in [3.05, 3.63) is 29.8 Å². The normalized spacial score (nSPS) is 13.3. The van der Waals surface area contributed by atoms with Crippen molar-refractivity contribution in [1.29, 1.82) is 0 Å². The molecule has 8 nitrogen and oxygen atoms in total. The van der Waals surface area contributed by atoms with Gasteiger partial charge >= 0.3 is 12.1 Å². The average molecular weight is 366 g/mol. The minimum Gasteiger partial charge on any atom is -0.508 e. The van der Waals surface area contributed by atoms with E-state index < -0.39 is 35.7 Å². The summed E-state index contributed by atoms with van der Waals surface area (Å²) in [5, 5.41) is 14.3. The van der Waals surface area contributed by atoms with Crippen LogP contribution in [0.3, 0.4) is 0 Å². The molecule has 1 aromatic rings. The zero-order valence-electron chi connectivity index (χ0n) is 15.7. The van der Waals surface area contributed by atoms with Gasteiger partial charge in [-0.2, -0.15) is 0 Å². The lowest BCUT2D eigenvalue weighted by Crippen LogP contribution is -2.51.